The predicted octanol–water partition coefficient (Wildman–Crippen LogP) is 3.05. The highest BCUT2D eigenvalue weighted by Crippen LogP contribution is 2.30. The van der Waals surface area contributed by atoms with Gasteiger partial charge >= 0.3 is 0 Å². The van der Waals surface area contributed by atoms with Crippen molar-refractivity contribution >= 4 is 11.6 Å². The molecule has 16 heavy (non-hydrogen) atoms. The molecule has 1 fully saturated rings. The lowest BCUT2D eigenvalue weighted by Gasteiger charge is -2.09. The van der Waals surface area contributed by atoms with Gasteiger partial charge in [-0.25, -0.2) is 0 Å². The number of ether oxygens (including phenoxy) is 1. The fourth-order valence-corrected chi connectivity index (χ4v) is 1.91. The van der Waals surface area contributed by atoms with Crippen LogP contribution >= 0.6 is 11.6 Å². The molecule has 88 valence electrons. The normalized spacial score (nSPS) is 17.2. The van der Waals surface area contributed by atoms with Gasteiger partial charge in [0.25, 0.3) is 0 Å². The summed E-state index contributed by atoms with van der Waals surface area (Å²) in [4.78, 5) is 0. The SMILES string of the molecule is CC(O)Cc1cc(Cl)cc(OCC2CC2)c1. The number of rotatable bonds is 5. The third kappa shape index (κ3) is 3.69. The molecule has 1 aliphatic rings. The van der Waals surface area contributed by atoms with Gasteiger partial charge in [0, 0.05) is 5.02 Å². The summed E-state index contributed by atoms with van der Waals surface area (Å²) in [6, 6.07) is 5.66. The van der Waals surface area contributed by atoms with E-state index in [4.69, 9.17) is 16.3 Å². The second-order valence-corrected chi connectivity index (χ2v) is 5.04. The van der Waals surface area contributed by atoms with Crippen LogP contribution < -0.4 is 4.74 Å². The van der Waals surface area contributed by atoms with Crippen molar-refractivity contribution in [2.45, 2.75) is 32.3 Å². The molecule has 0 aromatic heterocycles. The molecule has 0 heterocycles. The summed E-state index contributed by atoms with van der Waals surface area (Å²) in [5, 5.41) is 10.0. The molecular formula is C13H17ClO2. The summed E-state index contributed by atoms with van der Waals surface area (Å²) in [5.74, 6) is 1.55. The molecule has 0 aliphatic heterocycles. The Bertz CT molecular complexity index is 359. The molecule has 1 aromatic rings. The fourth-order valence-electron chi connectivity index (χ4n) is 1.66. The third-order valence-corrected chi connectivity index (χ3v) is 2.86. The van der Waals surface area contributed by atoms with E-state index in [-0.39, 0.29) is 6.10 Å². The molecule has 0 saturated heterocycles. The van der Waals surface area contributed by atoms with Gasteiger partial charge < -0.3 is 9.84 Å². The summed E-state index contributed by atoms with van der Waals surface area (Å²) in [6.45, 7) is 2.56. The van der Waals surface area contributed by atoms with E-state index >= 15 is 0 Å². The van der Waals surface area contributed by atoms with E-state index in [0.717, 1.165) is 23.8 Å². The van der Waals surface area contributed by atoms with E-state index in [0.29, 0.717) is 11.4 Å². The monoisotopic (exact) mass is 240 g/mol. The van der Waals surface area contributed by atoms with Crippen molar-refractivity contribution in [2.24, 2.45) is 5.92 Å². The molecule has 1 N–H and O–H groups in total. The maximum Gasteiger partial charge on any atom is 0.121 e. The summed E-state index contributed by atoms with van der Waals surface area (Å²) < 4.78 is 5.67. The summed E-state index contributed by atoms with van der Waals surface area (Å²) >= 11 is 6.00. The van der Waals surface area contributed by atoms with Crippen LogP contribution in [-0.2, 0) is 6.42 Å². The van der Waals surface area contributed by atoms with Crippen LogP contribution in [0.25, 0.3) is 0 Å². The minimum absolute atomic E-state index is 0.352. The Morgan fingerprint density at radius 3 is 2.81 bits per heavy atom. The van der Waals surface area contributed by atoms with Crippen LogP contribution in [0.1, 0.15) is 25.3 Å². The van der Waals surface area contributed by atoms with Crippen LogP contribution in [0, 0.1) is 5.92 Å². The first kappa shape index (κ1) is 11.7. The van der Waals surface area contributed by atoms with E-state index in [1.165, 1.54) is 12.8 Å². The number of benzene rings is 1. The molecule has 1 aliphatic carbocycles. The lowest BCUT2D eigenvalue weighted by molar-refractivity contribution is 0.195. The molecule has 1 saturated carbocycles. The van der Waals surface area contributed by atoms with E-state index in [1.54, 1.807) is 6.92 Å². The van der Waals surface area contributed by atoms with Gasteiger partial charge in [-0.3, -0.25) is 0 Å². The van der Waals surface area contributed by atoms with Gasteiger partial charge in [0.05, 0.1) is 12.7 Å². The Labute approximate surface area is 101 Å². The van der Waals surface area contributed by atoms with Gasteiger partial charge in [-0.05, 0) is 55.9 Å². The van der Waals surface area contributed by atoms with Gasteiger partial charge in [0.2, 0.25) is 0 Å². The number of hydrogen-bond acceptors (Lipinski definition) is 2. The largest absolute Gasteiger partial charge is 0.493 e. The Hall–Kier alpha value is -0.730. The first-order valence-electron chi connectivity index (χ1n) is 5.74. The van der Waals surface area contributed by atoms with Crippen LogP contribution in [0.5, 0.6) is 5.75 Å². The third-order valence-electron chi connectivity index (χ3n) is 2.64. The molecule has 2 nitrogen and oxygen atoms in total. The van der Waals surface area contributed by atoms with E-state index < -0.39 is 0 Å². The fraction of sp³-hybridized carbons (Fsp3) is 0.538. The highest BCUT2D eigenvalue weighted by Gasteiger charge is 2.21. The minimum atomic E-state index is -0.352. The van der Waals surface area contributed by atoms with Gasteiger partial charge in [-0.15, -0.1) is 0 Å². The topological polar surface area (TPSA) is 29.5 Å². The van der Waals surface area contributed by atoms with Crippen molar-refractivity contribution in [1.29, 1.82) is 0 Å². The maximum atomic E-state index is 9.33. The van der Waals surface area contributed by atoms with Crippen molar-refractivity contribution < 1.29 is 9.84 Å². The van der Waals surface area contributed by atoms with Crippen LogP contribution in [-0.4, -0.2) is 17.8 Å². The summed E-state index contributed by atoms with van der Waals surface area (Å²) in [6.07, 6.45) is 2.82. The predicted molar refractivity (Wildman–Crippen MR) is 65.1 cm³/mol. The molecule has 2 rings (SSSR count). The molecule has 1 unspecified atom stereocenters. The van der Waals surface area contributed by atoms with Crippen molar-refractivity contribution in [3.05, 3.63) is 28.8 Å². The Balaban J connectivity index is 2.01. The number of halogens is 1. The van der Waals surface area contributed by atoms with Crippen molar-refractivity contribution in [2.75, 3.05) is 6.61 Å². The Morgan fingerprint density at radius 2 is 2.19 bits per heavy atom. The lowest BCUT2D eigenvalue weighted by atomic mass is 10.1. The number of aliphatic hydroxyl groups is 1. The smallest absolute Gasteiger partial charge is 0.121 e. The molecule has 0 radical (unpaired) electrons. The number of hydrogen-bond donors (Lipinski definition) is 1. The van der Waals surface area contributed by atoms with Crippen molar-refractivity contribution in [3.8, 4) is 5.75 Å². The highest BCUT2D eigenvalue weighted by molar-refractivity contribution is 6.30. The summed E-state index contributed by atoms with van der Waals surface area (Å²) in [7, 11) is 0. The molecule has 0 amide bonds. The van der Waals surface area contributed by atoms with Gasteiger partial charge in [0.15, 0.2) is 0 Å². The molecular weight excluding hydrogens is 224 g/mol. The molecule has 1 atom stereocenters. The summed E-state index contributed by atoms with van der Waals surface area (Å²) in [5.41, 5.74) is 1.02. The van der Waals surface area contributed by atoms with E-state index in [1.807, 2.05) is 18.2 Å². The maximum absolute atomic E-state index is 9.33. The van der Waals surface area contributed by atoms with Crippen LogP contribution in [0.4, 0.5) is 0 Å². The second kappa shape index (κ2) is 5.07. The quantitative estimate of drug-likeness (QED) is 0.857. The average Bonchev–Trinajstić information content (AvgIpc) is 2.95. The Kier molecular flexibility index (Phi) is 3.72. The molecule has 0 bridgehead atoms. The molecule has 3 heteroatoms. The first-order valence-corrected chi connectivity index (χ1v) is 6.11. The van der Waals surface area contributed by atoms with E-state index in [2.05, 4.69) is 0 Å². The van der Waals surface area contributed by atoms with Gasteiger partial charge in [-0.1, -0.05) is 11.6 Å². The zero-order chi connectivity index (χ0) is 11.5. The molecule has 1 aromatic carbocycles. The van der Waals surface area contributed by atoms with Crippen LogP contribution in [0.3, 0.4) is 0 Å². The zero-order valence-corrected chi connectivity index (χ0v) is 10.2. The van der Waals surface area contributed by atoms with Crippen LogP contribution in [0.15, 0.2) is 18.2 Å². The second-order valence-electron chi connectivity index (χ2n) is 4.60. The highest BCUT2D eigenvalue weighted by atomic mass is 35.5. The van der Waals surface area contributed by atoms with Crippen LogP contribution in [0.2, 0.25) is 5.02 Å². The molecule has 0 spiro atoms. The van der Waals surface area contributed by atoms with Crippen molar-refractivity contribution in [3.63, 3.8) is 0 Å². The first-order chi connectivity index (χ1) is 7.63. The standard InChI is InChI=1S/C13H17ClO2/c1-9(15)4-11-5-12(14)7-13(6-11)16-8-10-2-3-10/h5-7,9-10,15H,2-4,8H2,1H3. The lowest BCUT2D eigenvalue weighted by Crippen LogP contribution is -2.05. The zero-order valence-electron chi connectivity index (χ0n) is 9.45. The van der Waals surface area contributed by atoms with Gasteiger partial charge in [-0.2, -0.15) is 0 Å². The number of aliphatic hydroxyl groups excluding tert-OH is 1. The van der Waals surface area contributed by atoms with Crippen molar-refractivity contribution in [1.82, 2.24) is 0 Å². The Morgan fingerprint density at radius 1 is 1.44 bits per heavy atom. The van der Waals surface area contributed by atoms with E-state index in [9.17, 15) is 5.11 Å². The van der Waals surface area contributed by atoms with Gasteiger partial charge in [0.1, 0.15) is 5.75 Å². The minimum Gasteiger partial charge on any atom is -0.493 e. The average molecular weight is 241 g/mol.